The summed E-state index contributed by atoms with van der Waals surface area (Å²) in [4.78, 5) is 5.24. The fraction of sp³-hybridized carbons (Fsp3) is 0.478. The smallest absolute Gasteiger partial charge is 0.0747 e. The van der Waals surface area contributed by atoms with Crippen LogP contribution in [0.2, 0.25) is 0 Å². The minimum Gasteiger partial charge on any atom is -0.372 e. The zero-order valence-electron chi connectivity index (χ0n) is 15.8. The van der Waals surface area contributed by atoms with Crippen molar-refractivity contribution in [2.24, 2.45) is 0 Å². The number of hydrogen-bond acceptors (Lipinski definition) is 3. The van der Waals surface area contributed by atoms with E-state index in [-0.39, 0.29) is 0 Å². The molecule has 3 saturated heterocycles. The standard InChI is InChI=1S/C23H30N2O/c1-24-16-21-13-8-14-23(26-18-20-11-6-3-7-12-20)22(24)17-25(21)15-19-9-4-2-5-10-19/h2-7,9-12,21-23H,8,13-18H2,1H3/t21-,22+,23+/m0/s1. The predicted molar refractivity (Wildman–Crippen MR) is 106 cm³/mol. The molecule has 0 radical (unpaired) electrons. The van der Waals surface area contributed by atoms with Gasteiger partial charge in [0.1, 0.15) is 0 Å². The topological polar surface area (TPSA) is 15.7 Å². The van der Waals surface area contributed by atoms with E-state index in [0.717, 1.165) is 26.2 Å². The molecule has 0 N–H and O–H groups in total. The first-order chi connectivity index (χ1) is 12.8. The van der Waals surface area contributed by atoms with Crippen LogP contribution in [-0.2, 0) is 17.9 Å². The van der Waals surface area contributed by atoms with Crippen LogP contribution in [0.15, 0.2) is 60.7 Å². The molecule has 2 bridgehead atoms. The van der Waals surface area contributed by atoms with Gasteiger partial charge in [-0.25, -0.2) is 0 Å². The van der Waals surface area contributed by atoms with Crippen LogP contribution in [0.1, 0.15) is 30.4 Å². The van der Waals surface area contributed by atoms with Gasteiger partial charge in [-0.15, -0.1) is 0 Å². The van der Waals surface area contributed by atoms with Gasteiger partial charge >= 0.3 is 0 Å². The Labute approximate surface area is 157 Å². The van der Waals surface area contributed by atoms with Gasteiger partial charge < -0.3 is 4.74 Å². The number of hydrogen-bond donors (Lipinski definition) is 0. The number of rotatable bonds is 5. The fourth-order valence-electron chi connectivity index (χ4n) is 4.52. The summed E-state index contributed by atoms with van der Waals surface area (Å²) in [6.07, 6.45) is 4.03. The van der Waals surface area contributed by atoms with E-state index < -0.39 is 0 Å². The lowest BCUT2D eigenvalue weighted by atomic mass is 9.91. The lowest BCUT2D eigenvalue weighted by molar-refractivity contribution is -0.0799. The van der Waals surface area contributed by atoms with Crippen molar-refractivity contribution in [3.8, 4) is 0 Å². The number of likely N-dealkylation sites (N-methyl/N-ethyl adjacent to an activating group) is 1. The summed E-state index contributed by atoms with van der Waals surface area (Å²) < 4.78 is 6.43. The Hall–Kier alpha value is -1.68. The summed E-state index contributed by atoms with van der Waals surface area (Å²) in [5.74, 6) is 0. The zero-order valence-corrected chi connectivity index (χ0v) is 15.8. The van der Waals surface area contributed by atoms with Crippen molar-refractivity contribution in [1.29, 1.82) is 0 Å². The maximum absolute atomic E-state index is 6.43. The Morgan fingerprint density at radius 1 is 0.885 bits per heavy atom. The van der Waals surface area contributed by atoms with Gasteiger partial charge in [0.2, 0.25) is 0 Å². The van der Waals surface area contributed by atoms with Gasteiger partial charge in [0.15, 0.2) is 0 Å². The summed E-state index contributed by atoms with van der Waals surface area (Å²) in [6, 6.07) is 22.6. The largest absolute Gasteiger partial charge is 0.372 e. The third-order valence-corrected chi connectivity index (χ3v) is 5.99. The molecule has 3 fully saturated rings. The first-order valence-electron chi connectivity index (χ1n) is 9.93. The maximum atomic E-state index is 6.43. The number of nitrogens with zero attached hydrogens (tertiary/aromatic N) is 2. The van der Waals surface area contributed by atoms with E-state index in [1.807, 2.05) is 0 Å². The van der Waals surface area contributed by atoms with Gasteiger partial charge in [-0.05, 0) is 37.4 Å². The minimum absolute atomic E-state index is 0.319. The van der Waals surface area contributed by atoms with Crippen molar-refractivity contribution >= 4 is 0 Å². The quantitative estimate of drug-likeness (QED) is 0.812. The molecule has 138 valence electrons. The molecule has 3 atom stereocenters. The first-order valence-corrected chi connectivity index (χ1v) is 9.93. The normalized spacial score (nSPS) is 27.2. The predicted octanol–water partition coefficient (Wildman–Crippen LogP) is 3.94. The van der Waals surface area contributed by atoms with Gasteiger partial charge in [-0.2, -0.15) is 0 Å². The molecule has 2 aromatic carbocycles. The summed E-state index contributed by atoms with van der Waals surface area (Å²) in [5, 5.41) is 0. The fourth-order valence-corrected chi connectivity index (χ4v) is 4.52. The van der Waals surface area contributed by atoms with Crippen LogP contribution in [0, 0.1) is 0 Å². The molecule has 5 rings (SSSR count). The molecule has 3 heteroatoms. The van der Waals surface area contributed by atoms with Gasteiger partial charge in [0, 0.05) is 31.7 Å². The Balaban J connectivity index is 1.44. The second-order valence-electron chi connectivity index (χ2n) is 7.84. The Bertz CT molecular complexity index is 675. The highest BCUT2D eigenvalue weighted by Gasteiger charge is 2.38. The van der Waals surface area contributed by atoms with E-state index >= 15 is 0 Å². The average Bonchev–Trinajstić information content (AvgIpc) is 2.66. The molecular weight excluding hydrogens is 320 g/mol. The highest BCUT2D eigenvalue weighted by Crippen LogP contribution is 2.29. The van der Waals surface area contributed by atoms with Crippen molar-refractivity contribution in [3.05, 3.63) is 71.8 Å². The number of ether oxygens (including phenoxy) is 1. The molecule has 0 saturated carbocycles. The van der Waals surface area contributed by atoms with E-state index in [9.17, 15) is 0 Å². The molecular formula is C23H30N2O. The molecule has 2 aromatic rings. The third-order valence-electron chi connectivity index (χ3n) is 5.99. The SMILES string of the molecule is CN1C[C@@H]2CCC[C@@H](OCc3ccccc3)[C@H]1CN2Cc1ccccc1. The lowest BCUT2D eigenvalue weighted by Gasteiger charge is -2.49. The van der Waals surface area contributed by atoms with Crippen LogP contribution in [0.4, 0.5) is 0 Å². The van der Waals surface area contributed by atoms with Crippen LogP contribution < -0.4 is 0 Å². The van der Waals surface area contributed by atoms with E-state index in [4.69, 9.17) is 4.74 Å². The van der Waals surface area contributed by atoms with Crippen LogP contribution in [-0.4, -0.2) is 48.1 Å². The first kappa shape index (κ1) is 17.7. The van der Waals surface area contributed by atoms with Crippen LogP contribution in [0.5, 0.6) is 0 Å². The molecule has 0 unspecified atom stereocenters. The molecule has 3 nitrogen and oxygen atoms in total. The van der Waals surface area contributed by atoms with Crippen LogP contribution in [0.25, 0.3) is 0 Å². The molecule has 0 spiro atoms. The Morgan fingerprint density at radius 2 is 1.58 bits per heavy atom. The Morgan fingerprint density at radius 3 is 2.31 bits per heavy atom. The molecule has 3 aliphatic rings. The highest BCUT2D eigenvalue weighted by molar-refractivity contribution is 5.15. The zero-order chi connectivity index (χ0) is 17.8. The molecule has 3 heterocycles. The van der Waals surface area contributed by atoms with Gasteiger partial charge in [-0.1, -0.05) is 60.7 Å². The molecule has 0 aromatic heterocycles. The summed E-state index contributed by atoms with van der Waals surface area (Å²) in [6.45, 7) is 4.04. The summed E-state index contributed by atoms with van der Waals surface area (Å²) >= 11 is 0. The Kier molecular flexibility index (Phi) is 5.68. The molecule has 26 heavy (non-hydrogen) atoms. The second kappa shape index (κ2) is 8.34. The van der Waals surface area contributed by atoms with Crippen molar-refractivity contribution in [2.75, 3.05) is 20.1 Å². The highest BCUT2D eigenvalue weighted by atomic mass is 16.5. The van der Waals surface area contributed by atoms with Gasteiger partial charge in [-0.3, -0.25) is 9.80 Å². The van der Waals surface area contributed by atoms with E-state index in [2.05, 4.69) is 77.5 Å². The molecule has 0 aliphatic carbocycles. The number of fused-ring (bicyclic) bond motifs is 5. The molecule has 3 aliphatic heterocycles. The number of benzene rings is 2. The van der Waals surface area contributed by atoms with Crippen molar-refractivity contribution in [3.63, 3.8) is 0 Å². The lowest BCUT2D eigenvalue weighted by Crippen LogP contribution is -2.61. The summed E-state index contributed by atoms with van der Waals surface area (Å²) in [7, 11) is 2.28. The minimum atomic E-state index is 0.319. The van der Waals surface area contributed by atoms with Crippen molar-refractivity contribution in [2.45, 2.75) is 50.6 Å². The third kappa shape index (κ3) is 4.17. The number of piperazine rings is 1. The van der Waals surface area contributed by atoms with Gasteiger partial charge in [0.05, 0.1) is 12.7 Å². The van der Waals surface area contributed by atoms with Crippen molar-refractivity contribution in [1.82, 2.24) is 9.80 Å². The van der Waals surface area contributed by atoms with Crippen LogP contribution >= 0.6 is 0 Å². The molecule has 0 amide bonds. The van der Waals surface area contributed by atoms with E-state index in [1.54, 1.807) is 0 Å². The summed E-state index contributed by atoms with van der Waals surface area (Å²) in [5.41, 5.74) is 2.69. The monoisotopic (exact) mass is 350 g/mol. The van der Waals surface area contributed by atoms with Gasteiger partial charge in [0.25, 0.3) is 0 Å². The second-order valence-corrected chi connectivity index (χ2v) is 7.84. The van der Waals surface area contributed by atoms with Crippen molar-refractivity contribution < 1.29 is 4.74 Å². The maximum Gasteiger partial charge on any atom is 0.0747 e. The van der Waals surface area contributed by atoms with E-state index in [0.29, 0.717) is 18.2 Å². The van der Waals surface area contributed by atoms with E-state index in [1.165, 1.54) is 30.4 Å². The van der Waals surface area contributed by atoms with Crippen LogP contribution in [0.3, 0.4) is 0 Å². The average molecular weight is 351 g/mol.